The summed E-state index contributed by atoms with van der Waals surface area (Å²) >= 11 is 6.47. The average molecular weight is 344 g/mol. The average Bonchev–Trinajstić information content (AvgIpc) is 2.83. The van der Waals surface area contributed by atoms with Crippen LogP contribution in [-0.4, -0.2) is 49.3 Å². The molecule has 1 N–H and O–H groups in total. The van der Waals surface area contributed by atoms with Gasteiger partial charge < -0.3 is 19.7 Å². The van der Waals surface area contributed by atoms with Crippen LogP contribution in [-0.2, 0) is 9.47 Å². The Bertz CT molecular complexity index is 580. The van der Waals surface area contributed by atoms with Crippen molar-refractivity contribution in [3.8, 4) is 0 Å². The number of carbonyl (C=O) groups is 2. The van der Waals surface area contributed by atoms with Gasteiger partial charge in [0.25, 0.3) is 0 Å². The van der Waals surface area contributed by atoms with Gasteiger partial charge in [0.2, 0.25) is 0 Å². The molecule has 0 aliphatic rings. The maximum Gasteiger partial charge on any atom is 0.348 e. The van der Waals surface area contributed by atoms with E-state index >= 15 is 0 Å². The quantitative estimate of drug-likeness (QED) is 0.650. The molecule has 0 amide bonds. The summed E-state index contributed by atoms with van der Waals surface area (Å²) in [6.07, 6.45) is 0. The van der Waals surface area contributed by atoms with Crippen LogP contribution in [0.3, 0.4) is 0 Å². The van der Waals surface area contributed by atoms with Crippen molar-refractivity contribution >= 4 is 45.6 Å². The summed E-state index contributed by atoms with van der Waals surface area (Å²) in [4.78, 5) is 26.1. The molecule has 0 aliphatic heterocycles. The lowest BCUT2D eigenvalue weighted by Gasteiger charge is -2.22. The van der Waals surface area contributed by atoms with E-state index in [0.29, 0.717) is 26.1 Å². The van der Waals surface area contributed by atoms with E-state index in [9.17, 15) is 9.59 Å². The standard InChI is InChI=1S/C14H20N2O4S2/c1-6-16(7-2)14(21)15-11-9(12(17)19-4)8(3)10(22-11)13(18)20-5/h6-7H2,1-5H3,(H,15,21). The van der Waals surface area contributed by atoms with Crippen LogP contribution in [0.25, 0.3) is 0 Å². The predicted molar refractivity (Wildman–Crippen MR) is 90.9 cm³/mol. The summed E-state index contributed by atoms with van der Waals surface area (Å²) in [6.45, 7) is 7.13. The molecule has 0 spiro atoms. The SMILES string of the molecule is CCN(CC)C(=S)Nc1sc(C(=O)OC)c(C)c1C(=O)OC. The largest absolute Gasteiger partial charge is 0.465 e. The highest BCUT2D eigenvalue weighted by Crippen LogP contribution is 2.34. The minimum absolute atomic E-state index is 0.308. The van der Waals surface area contributed by atoms with Crippen LogP contribution in [0.1, 0.15) is 39.4 Å². The molecule has 122 valence electrons. The van der Waals surface area contributed by atoms with Gasteiger partial charge in [0, 0.05) is 13.1 Å². The van der Waals surface area contributed by atoms with E-state index in [1.807, 2.05) is 18.7 Å². The first-order chi connectivity index (χ1) is 10.4. The second kappa shape index (κ2) is 8.09. The first-order valence-electron chi connectivity index (χ1n) is 6.77. The van der Waals surface area contributed by atoms with E-state index in [-0.39, 0.29) is 0 Å². The molecule has 1 aromatic heterocycles. The van der Waals surface area contributed by atoms with Crippen molar-refractivity contribution in [2.24, 2.45) is 0 Å². The number of ether oxygens (including phenoxy) is 2. The smallest absolute Gasteiger partial charge is 0.348 e. The minimum Gasteiger partial charge on any atom is -0.465 e. The van der Waals surface area contributed by atoms with Gasteiger partial charge in [0.15, 0.2) is 5.11 Å². The number of thiophene rings is 1. The highest BCUT2D eigenvalue weighted by atomic mass is 32.1. The van der Waals surface area contributed by atoms with E-state index in [1.165, 1.54) is 14.2 Å². The van der Waals surface area contributed by atoms with Crippen molar-refractivity contribution in [1.29, 1.82) is 0 Å². The van der Waals surface area contributed by atoms with Crippen LogP contribution in [0.15, 0.2) is 0 Å². The van der Waals surface area contributed by atoms with Crippen LogP contribution in [0.5, 0.6) is 0 Å². The van der Waals surface area contributed by atoms with Gasteiger partial charge in [-0.05, 0) is 38.6 Å². The van der Waals surface area contributed by atoms with Crippen molar-refractivity contribution in [1.82, 2.24) is 4.90 Å². The lowest BCUT2D eigenvalue weighted by atomic mass is 10.1. The Morgan fingerprint density at radius 1 is 1.18 bits per heavy atom. The molecule has 0 aliphatic carbocycles. The van der Waals surface area contributed by atoms with Gasteiger partial charge in [0.1, 0.15) is 9.88 Å². The lowest BCUT2D eigenvalue weighted by Crippen LogP contribution is -2.34. The third-order valence-electron chi connectivity index (χ3n) is 3.18. The van der Waals surface area contributed by atoms with Gasteiger partial charge in [-0.2, -0.15) is 0 Å². The number of nitrogens with one attached hydrogen (secondary N) is 1. The summed E-state index contributed by atoms with van der Waals surface area (Å²) in [7, 11) is 2.59. The molecule has 1 heterocycles. The van der Waals surface area contributed by atoms with Gasteiger partial charge in [-0.1, -0.05) is 0 Å². The maximum atomic E-state index is 12.0. The molecule has 0 aromatic carbocycles. The molecular formula is C14H20N2O4S2. The Morgan fingerprint density at radius 3 is 2.18 bits per heavy atom. The van der Waals surface area contributed by atoms with Gasteiger partial charge in [0.05, 0.1) is 19.8 Å². The number of hydrogen-bond donors (Lipinski definition) is 1. The van der Waals surface area contributed by atoms with E-state index in [2.05, 4.69) is 5.32 Å². The zero-order valence-electron chi connectivity index (χ0n) is 13.3. The molecule has 8 heteroatoms. The fraction of sp³-hybridized carbons (Fsp3) is 0.500. The molecule has 0 bridgehead atoms. The zero-order valence-corrected chi connectivity index (χ0v) is 14.9. The monoisotopic (exact) mass is 344 g/mol. The van der Waals surface area contributed by atoms with Crippen LogP contribution < -0.4 is 5.32 Å². The fourth-order valence-electron chi connectivity index (χ4n) is 1.92. The molecule has 1 rings (SSSR count). The maximum absolute atomic E-state index is 12.0. The van der Waals surface area contributed by atoms with Crippen molar-refractivity contribution in [2.75, 3.05) is 32.6 Å². The molecule has 0 saturated carbocycles. The van der Waals surface area contributed by atoms with Gasteiger partial charge in [-0.25, -0.2) is 9.59 Å². The number of esters is 2. The van der Waals surface area contributed by atoms with Gasteiger partial charge in [-0.15, -0.1) is 11.3 Å². The molecule has 0 atom stereocenters. The predicted octanol–water partition coefficient (Wildman–Crippen LogP) is 2.67. The number of methoxy groups -OCH3 is 2. The van der Waals surface area contributed by atoms with Crippen LogP contribution >= 0.6 is 23.6 Å². The van der Waals surface area contributed by atoms with Crippen LogP contribution in [0.2, 0.25) is 0 Å². The third-order valence-corrected chi connectivity index (χ3v) is 4.73. The first kappa shape index (κ1) is 18.4. The number of anilines is 1. The Kier molecular flexibility index (Phi) is 6.76. The highest BCUT2D eigenvalue weighted by molar-refractivity contribution is 7.80. The number of thiocarbonyl (C=S) groups is 1. The molecule has 0 unspecified atom stereocenters. The normalized spacial score (nSPS) is 10.0. The lowest BCUT2D eigenvalue weighted by molar-refractivity contribution is 0.0601. The van der Waals surface area contributed by atoms with Crippen molar-refractivity contribution < 1.29 is 19.1 Å². The summed E-state index contributed by atoms with van der Waals surface area (Å²) in [5.41, 5.74) is 0.830. The summed E-state index contributed by atoms with van der Waals surface area (Å²) in [5.74, 6) is -1.01. The van der Waals surface area contributed by atoms with E-state index in [4.69, 9.17) is 21.7 Å². The molecule has 6 nitrogen and oxygen atoms in total. The number of carbonyl (C=O) groups excluding carboxylic acids is 2. The molecule has 0 radical (unpaired) electrons. The van der Waals surface area contributed by atoms with Gasteiger partial charge in [-0.3, -0.25) is 0 Å². The second-order valence-electron chi connectivity index (χ2n) is 4.35. The Balaban J connectivity index is 3.25. The van der Waals surface area contributed by atoms with Crippen molar-refractivity contribution in [3.63, 3.8) is 0 Å². The van der Waals surface area contributed by atoms with Crippen LogP contribution in [0.4, 0.5) is 5.00 Å². The highest BCUT2D eigenvalue weighted by Gasteiger charge is 2.26. The number of hydrogen-bond acceptors (Lipinski definition) is 6. The Hall–Kier alpha value is -1.67. The summed E-state index contributed by atoms with van der Waals surface area (Å²) < 4.78 is 9.54. The third kappa shape index (κ3) is 3.75. The Labute approximate surface area is 139 Å². The van der Waals surface area contributed by atoms with Crippen molar-refractivity contribution in [2.45, 2.75) is 20.8 Å². The molecular weight excluding hydrogens is 324 g/mol. The topological polar surface area (TPSA) is 67.9 Å². The summed E-state index contributed by atoms with van der Waals surface area (Å²) in [6, 6.07) is 0. The fourth-order valence-corrected chi connectivity index (χ4v) is 3.46. The summed E-state index contributed by atoms with van der Waals surface area (Å²) in [5, 5.41) is 4.02. The number of rotatable bonds is 5. The van der Waals surface area contributed by atoms with E-state index in [0.717, 1.165) is 24.4 Å². The molecule has 22 heavy (non-hydrogen) atoms. The minimum atomic E-state index is -0.520. The number of nitrogens with zero attached hydrogens (tertiary/aromatic N) is 1. The molecule has 1 aromatic rings. The van der Waals surface area contributed by atoms with Crippen molar-refractivity contribution in [3.05, 3.63) is 16.0 Å². The van der Waals surface area contributed by atoms with Crippen LogP contribution in [0, 0.1) is 6.92 Å². The Morgan fingerprint density at radius 2 is 1.73 bits per heavy atom. The molecule has 0 fully saturated rings. The second-order valence-corrected chi connectivity index (χ2v) is 5.75. The first-order valence-corrected chi connectivity index (χ1v) is 7.99. The molecule has 0 saturated heterocycles. The van der Waals surface area contributed by atoms with E-state index in [1.54, 1.807) is 6.92 Å². The van der Waals surface area contributed by atoms with Gasteiger partial charge >= 0.3 is 11.9 Å². The zero-order chi connectivity index (χ0) is 16.9. The van der Waals surface area contributed by atoms with E-state index < -0.39 is 11.9 Å².